The molecule has 366 valence electrons. The van der Waals surface area contributed by atoms with Crippen LogP contribution in [0, 0.1) is 11.8 Å². The Kier molecular flexibility index (Phi) is 46.6. The highest BCUT2D eigenvalue weighted by Crippen LogP contribution is 2.31. The number of aliphatic hydroxyl groups excluding tert-OH is 2. The fourth-order valence-corrected chi connectivity index (χ4v) is 8.30. The Morgan fingerprint density at radius 1 is 0.444 bits per heavy atom. The van der Waals surface area contributed by atoms with Gasteiger partial charge in [-0.25, -0.2) is 0 Å². The van der Waals surface area contributed by atoms with Crippen LogP contribution < -0.4 is 0 Å². The van der Waals surface area contributed by atoms with Gasteiger partial charge in [0, 0.05) is 12.8 Å². The van der Waals surface area contributed by atoms with Gasteiger partial charge in [-0.2, -0.15) is 0 Å². The molecule has 0 aromatic rings. The fourth-order valence-electron chi connectivity index (χ4n) is 8.30. The standard InChI is InChI=1S/C55H98O8/c1-2-3-4-5-6-7-18-23-28-33-38-43-50(44-39-34-29-24-19-14-10-8-12-16-21-26-31-36-41-46-53(58)59)52(55(62)63-49-51(57)48-56)45-40-35-30-25-20-15-11-9-13-17-22-27-32-37-42-47-54(60)61/h8-9,12-15,19-20,50-52,56-57H,2-7,10-11,16-18,21-49H2,1H3,(H,58,59)(H,60,61)/b12-8-,13-9-,19-14-,20-15-. The molecule has 0 aliphatic carbocycles. The summed E-state index contributed by atoms with van der Waals surface area (Å²) in [5.74, 6) is -1.50. The second kappa shape index (κ2) is 48.7. The maximum absolute atomic E-state index is 13.6. The second-order valence-corrected chi connectivity index (χ2v) is 18.2. The zero-order valence-corrected chi connectivity index (χ0v) is 40.6. The van der Waals surface area contributed by atoms with E-state index in [1.54, 1.807) is 0 Å². The van der Waals surface area contributed by atoms with Gasteiger partial charge in [0.25, 0.3) is 0 Å². The summed E-state index contributed by atoms with van der Waals surface area (Å²) in [4.78, 5) is 34.8. The number of rotatable bonds is 49. The first kappa shape index (κ1) is 60.3. The molecule has 0 radical (unpaired) electrons. The molecule has 0 bridgehead atoms. The van der Waals surface area contributed by atoms with Gasteiger partial charge in [0.1, 0.15) is 12.7 Å². The van der Waals surface area contributed by atoms with Gasteiger partial charge < -0.3 is 25.2 Å². The Labute approximate surface area is 386 Å². The fraction of sp³-hybridized carbons (Fsp3) is 0.800. The maximum atomic E-state index is 13.6. The minimum Gasteiger partial charge on any atom is -0.481 e. The number of allylic oxidation sites excluding steroid dienone is 8. The molecule has 0 amide bonds. The molecule has 0 heterocycles. The summed E-state index contributed by atoms with van der Waals surface area (Å²) in [5.41, 5.74) is 0. The Balaban J connectivity index is 4.91. The highest BCUT2D eigenvalue weighted by molar-refractivity contribution is 5.72. The van der Waals surface area contributed by atoms with E-state index in [1.807, 2.05) is 0 Å². The SMILES string of the molecule is CCCCCCCCCCCCCC(CCCCC/C=C\C/C=C\CCCCCCCC(=O)O)C(CCCCC/C=C\C/C=C\CCCCCCCC(=O)O)C(=O)OCC(O)CO. The molecule has 3 unspecified atom stereocenters. The van der Waals surface area contributed by atoms with Crippen LogP contribution >= 0.6 is 0 Å². The van der Waals surface area contributed by atoms with Crippen molar-refractivity contribution in [3.8, 4) is 0 Å². The number of carboxylic acids is 2. The van der Waals surface area contributed by atoms with Gasteiger partial charge in [-0.15, -0.1) is 0 Å². The van der Waals surface area contributed by atoms with Crippen molar-refractivity contribution in [2.45, 2.75) is 257 Å². The van der Waals surface area contributed by atoms with Gasteiger partial charge in [-0.1, -0.05) is 190 Å². The average molecular weight is 887 g/mol. The van der Waals surface area contributed by atoms with Gasteiger partial charge in [0.2, 0.25) is 0 Å². The maximum Gasteiger partial charge on any atom is 0.309 e. The van der Waals surface area contributed by atoms with Crippen molar-refractivity contribution in [2.24, 2.45) is 11.8 Å². The van der Waals surface area contributed by atoms with Crippen molar-refractivity contribution in [1.29, 1.82) is 0 Å². The van der Waals surface area contributed by atoms with E-state index in [2.05, 4.69) is 55.5 Å². The Morgan fingerprint density at radius 2 is 0.778 bits per heavy atom. The topological polar surface area (TPSA) is 141 Å². The molecule has 0 rings (SSSR count). The van der Waals surface area contributed by atoms with Crippen molar-refractivity contribution in [3.05, 3.63) is 48.6 Å². The normalized spacial score (nSPS) is 13.5. The van der Waals surface area contributed by atoms with E-state index in [-0.39, 0.29) is 37.3 Å². The molecule has 0 fully saturated rings. The molecule has 0 saturated carbocycles. The van der Waals surface area contributed by atoms with Crippen molar-refractivity contribution >= 4 is 17.9 Å². The van der Waals surface area contributed by atoms with Gasteiger partial charge >= 0.3 is 17.9 Å². The number of aliphatic hydroxyl groups is 2. The Bertz CT molecular complexity index is 1140. The third-order valence-corrected chi connectivity index (χ3v) is 12.2. The van der Waals surface area contributed by atoms with Gasteiger partial charge in [-0.3, -0.25) is 14.4 Å². The molecule has 0 aliphatic heterocycles. The molecule has 0 aromatic heterocycles. The van der Waals surface area contributed by atoms with E-state index in [4.69, 9.17) is 14.9 Å². The van der Waals surface area contributed by atoms with E-state index in [9.17, 15) is 24.6 Å². The van der Waals surface area contributed by atoms with Gasteiger partial charge in [0.05, 0.1) is 12.5 Å². The molecular weight excluding hydrogens is 789 g/mol. The molecule has 8 nitrogen and oxygen atoms in total. The predicted octanol–water partition coefficient (Wildman–Crippen LogP) is 15.4. The Morgan fingerprint density at radius 3 is 1.16 bits per heavy atom. The number of hydrogen-bond acceptors (Lipinski definition) is 6. The van der Waals surface area contributed by atoms with E-state index >= 15 is 0 Å². The number of unbranched alkanes of at least 4 members (excludes halogenated alkanes) is 26. The summed E-state index contributed by atoms with van der Waals surface area (Å²) in [6.07, 6.45) is 58.0. The van der Waals surface area contributed by atoms with E-state index < -0.39 is 24.6 Å². The Hall–Kier alpha value is -2.71. The summed E-state index contributed by atoms with van der Waals surface area (Å²) in [7, 11) is 0. The van der Waals surface area contributed by atoms with Crippen LogP contribution in [-0.4, -0.2) is 57.7 Å². The zero-order valence-electron chi connectivity index (χ0n) is 40.6. The van der Waals surface area contributed by atoms with Gasteiger partial charge in [0.15, 0.2) is 0 Å². The number of aliphatic carboxylic acids is 2. The second-order valence-electron chi connectivity index (χ2n) is 18.2. The lowest BCUT2D eigenvalue weighted by Crippen LogP contribution is -2.30. The number of ether oxygens (including phenoxy) is 1. The number of carbonyl (C=O) groups is 3. The largest absolute Gasteiger partial charge is 0.481 e. The van der Waals surface area contributed by atoms with Crippen molar-refractivity contribution in [1.82, 2.24) is 0 Å². The molecule has 0 spiro atoms. The minimum absolute atomic E-state index is 0.150. The van der Waals surface area contributed by atoms with E-state index in [0.717, 1.165) is 167 Å². The first-order chi connectivity index (χ1) is 30.8. The van der Waals surface area contributed by atoms with Crippen LogP contribution in [0.5, 0.6) is 0 Å². The summed E-state index contributed by atoms with van der Waals surface area (Å²) in [6, 6.07) is 0. The summed E-state index contributed by atoms with van der Waals surface area (Å²) >= 11 is 0. The van der Waals surface area contributed by atoms with Gasteiger partial charge in [-0.05, 0) is 102 Å². The molecule has 63 heavy (non-hydrogen) atoms. The van der Waals surface area contributed by atoms with Crippen LogP contribution in [0.2, 0.25) is 0 Å². The minimum atomic E-state index is -1.04. The number of esters is 1. The van der Waals surface area contributed by atoms with Crippen molar-refractivity contribution in [2.75, 3.05) is 13.2 Å². The summed E-state index contributed by atoms with van der Waals surface area (Å²) < 4.78 is 5.65. The van der Waals surface area contributed by atoms with Crippen LogP contribution in [0.15, 0.2) is 48.6 Å². The molecule has 3 atom stereocenters. The lowest BCUT2D eigenvalue weighted by atomic mass is 9.80. The third kappa shape index (κ3) is 45.7. The summed E-state index contributed by atoms with van der Waals surface area (Å²) in [5, 5.41) is 36.8. The molecule has 8 heteroatoms. The molecule has 0 saturated heterocycles. The zero-order chi connectivity index (χ0) is 46.1. The first-order valence-electron chi connectivity index (χ1n) is 26.3. The molecular formula is C55H98O8. The van der Waals surface area contributed by atoms with E-state index in [0.29, 0.717) is 0 Å². The predicted molar refractivity (Wildman–Crippen MR) is 264 cm³/mol. The van der Waals surface area contributed by atoms with Crippen LogP contribution in [0.25, 0.3) is 0 Å². The molecule has 0 aromatic carbocycles. The van der Waals surface area contributed by atoms with Crippen molar-refractivity contribution < 1.29 is 39.5 Å². The average Bonchev–Trinajstić information content (AvgIpc) is 3.27. The number of carbonyl (C=O) groups excluding carboxylic acids is 1. The molecule has 0 aliphatic rings. The summed E-state index contributed by atoms with van der Waals surface area (Å²) in [6.45, 7) is 1.71. The van der Waals surface area contributed by atoms with Crippen LogP contribution in [0.4, 0.5) is 0 Å². The highest BCUT2D eigenvalue weighted by Gasteiger charge is 2.29. The number of carboxylic acid groups (broad SMARTS) is 2. The lowest BCUT2D eigenvalue weighted by Gasteiger charge is -2.26. The van der Waals surface area contributed by atoms with Crippen molar-refractivity contribution in [3.63, 3.8) is 0 Å². The smallest absolute Gasteiger partial charge is 0.309 e. The van der Waals surface area contributed by atoms with E-state index in [1.165, 1.54) is 64.2 Å². The van der Waals surface area contributed by atoms with Crippen LogP contribution in [0.1, 0.15) is 251 Å². The number of hydrogen-bond donors (Lipinski definition) is 4. The first-order valence-corrected chi connectivity index (χ1v) is 26.3. The lowest BCUT2D eigenvalue weighted by molar-refractivity contribution is -0.155. The highest BCUT2D eigenvalue weighted by atomic mass is 16.5. The quantitative estimate of drug-likeness (QED) is 0.0269. The monoisotopic (exact) mass is 887 g/mol. The third-order valence-electron chi connectivity index (χ3n) is 12.2. The van der Waals surface area contributed by atoms with Crippen LogP contribution in [-0.2, 0) is 19.1 Å². The van der Waals surface area contributed by atoms with Crippen LogP contribution in [0.3, 0.4) is 0 Å². The molecule has 4 N–H and O–H groups in total.